The van der Waals surface area contributed by atoms with Crippen molar-refractivity contribution in [3.63, 3.8) is 0 Å². The third kappa shape index (κ3) is 4.94. The number of nitrogens with one attached hydrogen (secondary N) is 1. The third-order valence-corrected chi connectivity index (χ3v) is 6.70. The number of anilines is 1. The van der Waals surface area contributed by atoms with Crippen LogP contribution in [0.25, 0.3) is 0 Å². The van der Waals surface area contributed by atoms with Crippen LogP contribution < -0.4 is 10.1 Å². The second-order valence-corrected chi connectivity index (χ2v) is 8.96. The quantitative estimate of drug-likeness (QED) is 0.469. The Morgan fingerprint density at radius 2 is 1.97 bits per heavy atom. The van der Waals surface area contributed by atoms with Gasteiger partial charge < -0.3 is 19.7 Å². The molecule has 1 atom stereocenters. The van der Waals surface area contributed by atoms with Crippen LogP contribution in [-0.4, -0.2) is 35.2 Å². The van der Waals surface area contributed by atoms with Crippen LogP contribution in [0.4, 0.5) is 5.69 Å². The van der Waals surface area contributed by atoms with Gasteiger partial charge in [-0.05, 0) is 37.5 Å². The van der Waals surface area contributed by atoms with E-state index in [4.69, 9.17) is 32.7 Å². The van der Waals surface area contributed by atoms with Crippen molar-refractivity contribution in [1.29, 1.82) is 0 Å². The number of ether oxygens (including phenoxy) is 2. The van der Waals surface area contributed by atoms with Gasteiger partial charge >= 0.3 is 5.97 Å². The minimum Gasteiger partial charge on any atom is -0.483 e. The standard InChI is InChI=1S/C24H21Cl2N3O4S/c1-3-32-23(31)20-14(2)27-24-29(11-12-34-24)22(20)15-7-4-5-10-18(15)33-13-19(30)28-17-9-6-8-16(25)21(17)26/h4-12,22H,3,13H2,1-2H3,(H,28,30)/t22-/m1/s1. The number of halogens is 2. The van der Waals surface area contributed by atoms with Crippen molar-refractivity contribution >= 4 is 57.7 Å². The Kier molecular flexibility index (Phi) is 7.50. The van der Waals surface area contributed by atoms with Gasteiger partial charge in [-0.3, -0.25) is 4.79 Å². The number of amides is 1. The van der Waals surface area contributed by atoms with E-state index < -0.39 is 17.9 Å². The first-order chi connectivity index (χ1) is 16.4. The summed E-state index contributed by atoms with van der Waals surface area (Å²) < 4.78 is 11.2. The Labute approximate surface area is 211 Å². The number of rotatable bonds is 7. The summed E-state index contributed by atoms with van der Waals surface area (Å²) in [6.07, 6.45) is 1.87. The summed E-state index contributed by atoms with van der Waals surface area (Å²) in [5.41, 5.74) is 2.10. The Bertz CT molecular complexity index is 1230. The van der Waals surface area contributed by atoms with Gasteiger partial charge in [-0.15, -0.1) is 0 Å². The van der Waals surface area contributed by atoms with Crippen molar-refractivity contribution in [2.45, 2.75) is 19.9 Å². The molecule has 1 N–H and O–H groups in total. The average Bonchev–Trinajstić information content (AvgIpc) is 3.28. The zero-order valence-corrected chi connectivity index (χ0v) is 20.7. The summed E-state index contributed by atoms with van der Waals surface area (Å²) in [6.45, 7) is 3.52. The molecule has 2 aromatic carbocycles. The predicted octanol–water partition coefficient (Wildman–Crippen LogP) is 5.78. The van der Waals surface area contributed by atoms with Crippen LogP contribution in [0.2, 0.25) is 10.0 Å². The zero-order chi connectivity index (χ0) is 24.2. The summed E-state index contributed by atoms with van der Waals surface area (Å²) in [5, 5.41) is 5.94. The van der Waals surface area contributed by atoms with E-state index in [0.29, 0.717) is 33.3 Å². The van der Waals surface area contributed by atoms with E-state index in [1.54, 1.807) is 44.2 Å². The number of hydrogen-bond acceptors (Lipinski definition) is 7. The zero-order valence-electron chi connectivity index (χ0n) is 18.4. The van der Waals surface area contributed by atoms with Gasteiger partial charge in [0.2, 0.25) is 0 Å². The molecule has 0 unspecified atom stereocenters. The van der Waals surface area contributed by atoms with E-state index in [1.165, 1.54) is 11.8 Å². The van der Waals surface area contributed by atoms with Crippen molar-refractivity contribution < 1.29 is 19.1 Å². The van der Waals surface area contributed by atoms with Gasteiger partial charge in [0, 0.05) is 11.8 Å². The number of carbonyl (C=O) groups is 2. The van der Waals surface area contributed by atoms with Crippen LogP contribution in [0.1, 0.15) is 25.5 Å². The topological polar surface area (TPSA) is 80.2 Å². The number of hydrogen-bond donors (Lipinski definition) is 1. The summed E-state index contributed by atoms with van der Waals surface area (Å²) in [4.78, 5) is 31.9. The minimum atomic E-state index is -0.514. The lowest BCUT2D eigenvalue weighted by Gasteiger charge is -2.34. The Balaban J connectivity index is 1.60. The molecule has 0 saturated heterocycles. The number of aliphatic imine (C=N–C) groups is 1. The second-order valence-electron chi connectivity index (χ2n) is 7.30. The molecule has 0 spiro atoms. The van der Waals surface area contributed by atoms with E-state index in [9.17, 15) is 9.59 Å². The Hall–Kier alpha value is -2.94. The highest BCUT2D eigenvalue weighted by molar-refractivity contribution is 8.16. The van der Waals surface area contributed by atoms with Gasteiger partial charge in [0.05, 0.1) is 39.7 Å². The molecular weight excluding hydrogens is 497 g/mol. The van der Waals surface area contributed by atoms with Crippen LogP contribution in [0.3, 0.4) is 0 Å². The fourth-order valence-corrected chi connectivity index (χ4v) is 4.78. The van der Waals surface area contributed by atoms with Crippen LogP contribution in [-0.2, 0) is 14.3 Å². The predicted molar refractivity (Wildman–Crippen MR) is 135 cm³/mol. The lowest BCUT2D eigenvalue weighted by molar-refractivity contribution is -0.139. The molecule has 10 heteroatoms. The number of fused-ring (bicyclic) bond motifs is 1. The average molecular weight is 518 g/mol. The largest absolute Gasteiger partial charge is 0.483 e. The molecule has 1 amide bonds. The fraction of sp³-hybridized carbons (Fsp3) is 0.208. The normalized spacial score (nSPS) is 16.8. The maximum Gasteiger partial charge on any atom is 0.338 e. The van der Waals surface area contributed by atoms with E-state index in [1.807, 2.05) is 28.6 Å². The van der Waals surface area contributed by atoms with Gasteiger partial charge in [0.15, 0.2) is 11.8 Å². The number of nitrogens with zero attached hydrogens (tertiary/aromatic N) is 2. The highest BCUT2D eigenvalue weighted by Gasteiger charge is 2.38. The summed E-state index contributed by atoms with van der Waals surface area (Å²) in [6, 6.07) is 11.7. The molecular formula is C24H21Cl2N3O4S. The molecule has 7 nitrogen and oxygen atoms in total. The molecule has 176 valence electrons. The molecule has 2 heterocycles. The first-order valence-electron chi connectivity index (χ1n) is 10.4. The van der Waals surface area contributed by atoms with E-state index in [2.05, 4.69) is 10.3 Å². The van der Waals surface area contributed by atoms with E-state index in [-0.39, 0.29) is 18.2 Å². The van der Waals surface area contributed by atoms with Crippen molar-refractivity contribution in [1.82, 2.24) is 4.90 Å². The van der Waals surface area contributed by atoms with Crippen LogP contribution in [0, 0.1) is 0 Å². The molecule has 0 saturated carbocycles. The molecule has 2 aromatic rings. The Morgan fingerprint density at radius 3 is 2.76 bits per heavy atom. The summed E-state index contributed by atoms with van der Waals surface area (Å²) in [7, 11) is 0. The maximum atomic E-state index is 12.9. The monoisotopic (exact) mass is 517 g/mol. The van der Waals surface area contributed by atoms with Crippen molar-refractivity contribution in [2.75, 3.05) is 18.5 Å². The molecule has 0 bridgehead atoms. The van der Waals surface area contributed by atoms with Crippen molar-refractivity contribution in [3.8, 4) is 5.75 Å². The first kappa shape index (κ1) is 24.2. The molecule has 34 heavy (non-hydrogen) atoms. The maximum absolute atomic E-state index is 12.9. The van der Waals surface area contributed by atoms with E-state index >= 15 is 0 Å². The number of carbonyl (C=O) groups excluding carboxylic acids is 2. The second kappa shape index (κ2) is 10.5. The SMILES string of the molecule is CCOC(=O)C1=C(C)N=C2SC=CN2[C@@H]1c1ccccc1OCC(=O)Nc1cccc(Cl)c1Cl. The highest BCUT2D eigenvalue weighted by atomic mass is 35.5. The number of benzene rings is 2. The summed E-state index contributed by atoms with van der Waals surface area (Å²) in [5.74, 6) is -0.388. The molecule has 2 aliphatic rings. The molecule has 2 aliphatic heterocycles. The lowest BCUT2D eigenvalue weighted by atomic mass is 9.94. The van der Waals surface area contributed by atoms with Gasteiger partial charge in [-0.1, -0.05) is 59.2 Å². The number of allylic oxidation sites excluding steroid dienone is 1. The van der Waals surface area contributed by atoms with Gasteiger partial charge in [0.1, 0.15) is 5.75 Å². The lowest BCUT2D eigenvalue weighted by Crippen LogP contribution is -2.34. The highest BCUT2D eigenvalue weighted by Crippen LogP contribution is 2.43. The number of para-hydroxylation sites is 1. The number of thioether (sulfide) groups is 1. The third-order valence-electron chi connectivity index (χ3n) is 5.11. The molecule has 4 rings (SSSR count). The van der Waals surface area contributed by atoms with Crippen molar-refractivity contribution in [2.24, 2.45) is 4.99 Å². The van der Waals surface area contributed by atoms with Crippen LogP contribution in [0.5, 0.6) is 5.75 Å². The Morgan fingerprint density at radius 1 is 1.18 bits per heavy atom. The molecule has 0 aliphatic carbocycles. The van der Waals surface area contributed by atoms with Gasteiger partial charge in [-0.25, -0.2) is 9.79 Å². The van der Waals surface area contributed by atoms with E-state index in [0.717, 1.165) is 5.17 Å². The van der Waals surface area contributed by atoms with Gasteiger partial charge in [-0.2, -0.15) is 0 Å². The van der Waals surface area contributed by atoms with Crippen LogP contribution in [0.15, 0.2) is 70.3 Å². The molecule has 0 aromatic heterocycles. The van der Waals surface area contributed by atoms with Crippen LogP contribution >= 0.6 is 35.0 Å². The summed E-state index contributed by atoms with van der Waals surface area (Å²) >= 11 is 13.6. The first-order valence-corrected chi connectivity index (χ1v) is 12.1. The smallest absolute Gasteiger partial charge is 0.338 e. The number of amidine groups is 1. The van der Waals surface area contributed by atoms with Crippen molar-refractivity contribution in [3.05, 3.63) is 81.0 Å². The molecule has 0 radical (unpaired) electrons. The van der Waals surface area contributed by atoms with Gasteiger partial charge in [0.25, 0.3) is 5.91 Å². The molecule has 0 fully saturated rings. The fourth-order valence-electron chi connectivity index (χ4n) is 3.64. The number of esters is 1. The minimum absolute atomic E-state index is 0.244.